The van der Waals surface area contributed by atoms with Crippen molar-refractivity contribution in [2.45, 2.75) is 31.2 Å². The Balaban J connectivity index is 1.81. The standard InChI is InChI=1S/C9H14N2OS/c1-9(2)8(5-13-9)11-4-7-3-10-6-12-7/h3,6,8,11H,4-5H2,1-2H3. The Hall–Kier alpha value is -0.480. The van der Waals surface area contributed by atoms with Gasteiger partial charge in [0.15, 0.2) is 6.39 Å². The Morgan fingerprint density at radius 1 is 1.77 bits per heavy atom. The van der Waals surface area contributed by atoms with Crippen molar-refractivity contribution in [1.82, 2.24) is 10.3 Å². The van der Waals surface area contributed by atoms with Crippen LogP contribution in [-0.2, 0) is 6.54 Å². The Labute approximate surface area is 82.3 Å². The monoisotopic (exact) mass is 198 g/mol. The quantitative estimate of drug-likeness (QED) is 0.801. The van der Waals surface area contributed by atoms with Crippen LogP contribution in [0.5, 0.6) is 0 Å². The van der Waals surface area contributed by atoms with Crippen LogP contribution in [-0.4, -0.2) is 21.5 Å². The molecule has 1 saturated heterocycles. The molecule has 1 N–H and O–H groups in total. The van der Waals surface area contributed by atoms with Crippen LogP contribution in [0.1, 0.15) is 19.6 Å². The molecule has 1 aliphatic heterocycles. The summed E-state index contributed by atoms with van der Waals surface area (Å²) >= 11 is 2.00. The fourth-order valence-corrected chi connectivity index (χ4v) is 2.56. The Morgan fingerprint density at radius 3 is 3.08 bits per heavy atom. The fraction of sp³-hybridized carbons (Fsp3) is 0.667. The normalized spacial score (nSPS) is 25.5. The van der Waals surface area contributed by atoms with E-state index in [1.165, 1.54) is 12.1 Å². The molecule has 0 aromatic carbocycles. The summed E-state index contributed by atoms with van der Waals surface area (Å²) < 4.78 is 5.52. The van der Waals surface area contributed by atoms with Crippen LogP contribution in [0.2, 0.25) is 0 Å². The Bertz CT molecular complexity index is 271. The van der Waals surface area contributed by atoms with E-state index in [1.54, 1.807) is 6.20 Å². The zero-order valence-corrected chi connectivity index (χ0v) is 8.73. The summed E-state index contributed by atoms with van der Waals surface area (Å²) in [5, 5.41) is 3.46. The average Bonchev–Trinajstić information content (AvgIpc) is 2.55. The number of nitrogens with one attached hydrogen (secondary N) is 1. The lowest BCUT2D eigenvalue weighted by molar-refractivity contribution is 0.402. The first-order valence-corrected chi connectivity index (χ1v) is 5.42. The molecular formula is C9H14N2OS. The zero-order chi connectivity index (χ0) is 9.31. The SMILES string of the molecule is CC1(C)SCC1NCc1cnco1. The second kappa shape index (κ2) is 3.35. The van der Waals surface area contributed by atoms with Crippen molar-refractivity contribution in [2.24, 2.45) is 0 Å². The molecular weight excluding hydrogens is 184 g/mol. The lowest BCUT2D eigenvalue weighted by Crippen LogP contribution is -2.54. The average molecular weight is 198 g/mol. The maximum absolute atomic E-state index is 5.14. The number of nitrogens with zero attached hydrogens (tertiary/aromatic N) is 1. The topological polar surface area (TPSA) is 38.1 Å². The van der Waals surface area contributed by atoms with E-state index >= 15 is 0 Å². The minimum Gasteiger partial charge on any atom is -0.447 e. The van der Waals surface area contributed by atoms with Crippen LogP contribution in [0.3, 0.4) is 0 Å². The molecule has 13 heavy (non-hydrogen) atoms. The molecule has 1 unspecified atom stereocenters. The molecule has 72 valence electrons. The molecule has 2 heterocycles. The van der Waals surface area contributed by atoms with E-state index in [-0.39, 0.29) is 0 Å². The molecule has 1 aromatic rings. The van der Waals surface area contributed by atoms with Crippen molar-refractivity contribution >= 4 is 11.8 Å². The maximum Gasteiger partial charge on any atom is 0.180 e. The summed E-state index contributed by atoms with van der Waals surface area (Å²) in [4.78, 5) is 3.87. The van der Waals surface area contributed by atoms with Crippen molar-refractivity contribution < 1.29 is 4.42 Å². The summed E-state index contributed by atoms with van der Waals surface area (Å²) in [6.45, 7) is 5.31. The van der Waals surface area contributed by atoms with Gasteiger partial charge in [-0.05, 0) is 13.8 Å². The molecule has 0 saturated carbocycles. The highest BCUT2D eigenvalue weighted by Gasteiger charge is 2.38. The Morgan fingerprint density at radius 2 is 2.62 bits per heavy atom. The molecule has 2 rings (SSSR count). The van der Waals surface area contributed by atoms with E-state index in [1.807, 2.05) is 11.8 Å². The van der Waals surface area contributed by atoms with Gasteiger partial charge in [-0.3, -0.25) is 0 Å². The van der Waals surface area contributed by atoms with Gasteiger partial charge in [-0.1, -0.05) is 0 Å². The van der Waals surface area contributed by atoms with E-state index < -0.39 is 0 Å². The summed E-state index contributed by atoms with van der Waals surface area (Å²) in [7, 11) is 0. The third-order valence-corrected chi connectivity index (χ3v) is 4.00. The van der Waals surface area contributed by atoms with E-state index in [4.69, 9.17) is 4.42 Å². The van der Waals surface area contributed by atoms with Crippen molar-refractivity contribution in [2.75, 3.05) is 5.75 Å². The fourth-order valence-electron chi connectivity index (χ4n) is 1.36. The second-order valence-corrected chi connectivity index (χ2v) is 5.49. The predicted octanol–water partition coefficient (Wildman–Crippen LogP) is 1.66. The van der Waals surface area contributed by atoms with Crippen molar-refractivity contribution in [3.63, 3.8) is 0 Å². The van der Waals surface area contributed by atoms with Gasteiger partial charge >= 0.3 is 0 Å². The van der Waals surface area contributed by atoms with Gasteiger partial charge in [0.2, 0.25) is 0 Å². The molecule has 1 aromatic heterocycles. The van der Waals surface area contributed by atoms with Gasteiger partial charge in [0, 0.05) is 16.5 Å². The highest BCUT2D eigenvalue weighted by Crippen LogP contribution is 2.39. The number of thioether (sulfide) groups is 1. The number of hydrogen-bond donors (Lipinski definition) is 1. The van der Waals surface area contributed by atoms with Gasteiger partial charge in [0.1, 0.15) is 5.76 Å². The first-order chi connectivity index (χ1) is 6.18. The van der Waals surface area contributed by atoms with Crippen LogP contribution in [0, 0.1) is 0 Å². The molecule has 0 amide bonds. The molecule has 0 radical (unpaired) electrons. The highest BCUT2D eigenvalue weighted by atomic mass is 32.2. The second-order valence-electron chi connectivity index (χ2n) is 3.82. The number of oxazole rings is 1. The smallest absolute Gasteiger partial charge is 0.180 e. The van der Waals surface area contributed by atoms with Crippen LogP contribution in [0.25, 0.3) is 0 Å². The first kappa shape index (κ1) is 9.09. The lowest BCUT2D eigenvalue weighted by atomic mass is 10.0. The van der Waals surface area contributed by atoms with E-state index in [0.717, 1.165) is 12.3 Å². The lowest BCUT2D eigenvalue weighted by Gasteiger charge is -2.44. The summed E-state index contributed by atoms with van der Waals surface area (Å²) in [6.07, 6.45) is 3.23. The van der Waals surface area contributed by atoms with Gasteiger partial charge in [0.05, 0.1) is 12.7 Å². The molecule has 1 aliphatic rings. The molecule has 3 nitrogen and oxygen atoms in total. The Kier molecular flexibility index (Phi) is 2.34. The van der Waals surface area contributed by atoms with E-state index in [9.17, 15) is 0 Å². The van der Waals surface area contributed by atoms with Crippen LogP contribution >= 0.6 is 11.8 Å². The molecule has 1 fully saturated rings. The van der Waals surface area contributed by atoms with E-state index in [2.05, 4.69) is 24.1 Å². The molecule has 4 heteroatoms. The number of hydrogen-bond acceptors (Lipinski definition) is 4. The predicted molar refractivity (Wildman–Crippen MR) is 53.7 cm³/mol. The van der Waals surface area contributed by atoms with Gasteiger partial charge in [-0.25, -0.2) is 4.98 Å². The van der Waals surface area contributed by atoms with Crippen LogP contribution < -0.4 is 5.32 Å². The molecule has 0 spiro atoms. The van der Waals surface area contributed by atoms with Gasteiger partial charge in [-0.2, -0.15) is 11.8 Å². The maximum atomic E-state index is 5.14. The first-order valence-electron chi connectivity index (χ1n) is 4.43. The van der Waals surface area contributed by atoms with Crippen molar-refractivity contribution in [1.29, 1.82) is 0 Å². The van der Waals surface area contributed by atoms with Crippen LogP contribution in [0.4, 0.5) is 0 Å². The third kappa shape index (κ3) is 1.89. The van der Waals surface area contributed by atoms with Crippen molar-refractivity contribution in [3.05, 3.63) is 18.4 Å². The van der Waals surface area contributed by atoms with E-state index in [0.29, 0.717) is 10.8 Å². The number of rotatable bonds is 3. The van der Waals surface area contributed by atoms with Gasteiger partial charge in [-0.15, -0.1) is 0 Å². The van der Waals surface area contributed by atoms with Gasteiger partial charge in [0.25, 0.3) is 0 Å². The summed E-state index contributed by atoms with van der Waals surface area (Å²) in [5.74, 6) is 2.11. The molecule has 1 atom stereocenters. The minimum absolute atomic E-state index is 0.375. The number of aromatic nitrogens is 1. The molecule has 0 aliphatic carbocycles. The summed E-state index contributed by atoms with van der Waals surface area (Å²) in [6, 6.07) is 0.600. The molecule has 0 bridgehead atoms. The summed E-state index contributed by atoms with van der Waals surface area (Å²) in [5.41, 5.74) is 0. The zero-order valence-electron chi connectivity index (χ0n) is 7.91. The van der Waals surface area contributed by atoms with Crippen molar-refractivity contribution in [3.8, 4) is 0 Å². The largest absolute Gasteiger partial charge is 0.447 e. The minimum atomic E-state index is 0.375. The van der Waals surface area contributed by atoms with Crippen LogP contribution in [0.15, 0.2) is 17.0 Å². The highest BCUT2D eigenvalue weighted by molar-refractivity contribution is 8.02. The third-order valence-electron chi connectivity index (χ3n) is 2.47. The van der Waals surface area contributed by atoms with Gasteiger partial charge < -0.3 is 9.73 Å².